The molecule has 0 fully saturated rings. The number of carbonyl (C=O) groups is 2. The Kier molecular flexibility index (Phi) is 5.45. The Bertz CT molecular complexity index is 1050. The maximum atomic E-state index is 12.9. The van der Waals surface area contributed by atoms with Crippen molar-refractivity contribution in [2.24, 2.45) is 7.05 Å². The molecule has 0 atom stereocenters. The topological polar surface area (TPSA) is 63.1 Å². The molecule has 0 aliphatic heterocycles. The van der Waals surface area contributed by atoms with E-state index in [1.165, 1.54) is 12.1 Å². The van der Waals surface area contributed by atoms with Gasteiger partial charge in [0.15, 0.2) is 0 Å². The third kappa shape index (κ3) is 4.16. The summed E-state index contributed by atoms with van der Waals surface area (Å²) >= 11 is 0. The van der Waals surface area contributed by atoms with Crippen LogP contribution in [0.4, 0.5) is 24.7 Å². The fourth-order valence-electron chi connectivity index (χ4n) is 3.10. The van der Waals surface area contributed by atoms with E-state index in [0.29, 0.717) is 40.2 Å². The van der Waals surface area contributed by atoms with Crippen molar-refractivity contribution in [3.63, 3.8) is 0 Å². The first-order valence-corrected chi connectivity index (χ1v) is 8.66. The second-order valence-corrected chi connectivity index (χ2v) is 6.46. The van der Waals surface area contributed by atoms with Crippen LogP contribution in [0.25, 0.3) is 11.1 Å². The zero-order valence-electron chi connectivity index (χ0n) is 15.7. The second-order valence-electron chi connectivity index (χ2n) is 6.46. The molecule has 2 amide bonds. The highest BCUT2D eigenvalue weighted by Gasteiger charge is 2.30. The van der Waals surface area contributed by atoms with Crippen molar-refractivity contribution in [1.29, 1.82) is 0 Å². The van der Waals surface area contributed by atoms with Crippen molar-refractivity contribution >= 4 is 23.8 Å². The Hall–Kier alpha value is -3.55. The summed E-state index contributed by atoms with van der Waals surface area (Å²) in [7, 11) is 1.73. The fourth-order valence-corrected chi connectivity index (χ4v) is 3.10. The Balaban J connectivity index is 1.92. The van der Waals surface area contributed by atoms with Crippen molar-refractivity contribution in [2.75, 3.05) is 10.6 Å². The summed E-state index contributed by atoms with van der Waals surface area (Å²) in [5.74, 6) is 0.137. The van der Waals surface area contributed by atoms with Crippen LogP contribution in [0.5, 0.6) is 0 Å². The minimum absolute atomic E-state index is 0.320. The molecular formula is C21H18F3N3O2. The van der Waals surface area contributed by atoms with Gasteiger partial charge in [-0.05, 0) is 36.2 Å². The molecule has 0 spiro atoms. The van der Waals surface area contributed by atoms with Gasteiger partial charge < -0.3 is 15.2 Å². The number of carbonyl (C=O) groups excluding carboxylic acids is 2. The number of aromatic nitrogens is 1. The van der Waals surface area contributed by atoms with E-state index >= 15 is 0 Å². The predicted octanol–water partition coefficient (Wildman–Crippen LogP) is 4.84. The highest BCUT2D eigenvalue weighted by atomic mass is 19.4. The van der Waals surface area contributed by atoms with Crippen LogP contribution >= 0.6 is 0 Å². The van der Waals surface area contributed by atoms with E-state index in [1.54, 1.807) is 49.0 Å². The van der Waals surface area contributed by atoms with Crippen LogP contribution < -0.4 is 10.6 Å². The molecule has 8 heteroatoms. The van der Waals surface area contributed by atoms with Crippen molar-refractivity contribution in [3.8, 4) is 11.1 Å². The molecule has 3 aromatic rings. The summed E-state index contributed by atoms with van der Waals surface area (Å²) in [5.41, 5.74) is 1.78. The molecule has 150 valence electrons. The van der Waals surface area contributed by atoms with Gasteiger partial charge in [0.05, 0.1) is 11.3 Å². The predicted molar refractivity (Wildman–Crippen MR) is 105 cm³/mol. The molecule has 3 rings (SSSR count). The molecule has 0 radical (unpaired) electrons. The minimum atomic E-state index is -4.42. The molecule has 0 bridgehead atoms. The number of alkyl halides is 3. The highest BCUT2D eigenvalue weighted by molar-refractivity contribution is 6.09. The Morgan fingerprint density at radius 3 is 2.34 bits per heavy atom. The highest BCUT2D eigenvalue weighted by Crippen LogP contribution is 2.32. The monoisotopic (exact) mass is 401 g/mol. The summed E-state index contributed by atoms with van der Waals surface area (Å²) in [6.45, 7) is 1.75. The van der Waals surface area contributed by atoms with E-state index in [0.717, 1.165) is 12.1 Å². The average Bonchev–Trinajstić information content (AvgIpc) is 2.95. The number of aryl methyl sites for hydroxylation is 1. The van der Waals surface area contributed by atoms with Gasteiger partial charge in [-0.3, -0.25) is 9.59 Å². The van der Waals surface area contributed by atoms with E-state index in [4.69, 9.17) is 0 Å². The molecule has 29 heavy (non-hydrogen) atoms. The number of benzene rings is 2. The summed E-state index contributed by atoms with van der Waals surface area (Å²) in [6, 6.07) is 11.3. The van der Waals surface area contributed by atoms with Crippen LogP contribution in [0.2, 0.25) is 0 Å². The molecule has 1 aromatic heterocycles. The first kappa shape index (κ1) is 20.2. The van der Waals surface area contributed by atoms with Gasteiger partial charge >= 0.3 is 6.18 Å². The van der Waals surface area contributed by atoms with Crippen LogP contribution in [-0.4, -0.2) is 16.9 Å². The zero-order valence-corrected chi connectivity index (χ0v) is 15.7. The Morgan fingerprint density at radius 1 is 1.07 bits per heavy atom. The van der Waals surface area contributed by atoms with Gasteiger partial charge in [-0.2, -0.15) is 13.2 Å². The molecule has 0 aliphatic rings. The SMILES string of the molecule is Cc1c(NC(=O)c2ccccc2-c2ccc(C(F)(F)F)cc2)cn(C)c1NC=O. The number of anilines is 2. The summed E-state index contributed by atoms with van der Waals surface area (Å²) < 4.78 is 40.1. The second kappa shape index (κ2) is 7.83. The van der Waals surface area contributed by atoms with Gasteiger partial charge in [0.2, 0.25) is 6.41 Å². The molecule has 2 N–H and O–H groups in total. The summed E-state index contributed by atoms with van der Waals surface area (Å²) in [6.07, 6.45) is -2.21. The molecule has 2 aromatic carbocycles. The van der Waals surface area contributed by atoms with Crippen molar-refractivity contribution in [2.45, 2.75) is 13.1 Å². The fraction of sp³-hybridized carbons (Fsp3) is 0.143. The molecule has 5 nitrogen and oxygen atoms in total. The van der Waals surface area contributed by atoms with Gasteiger partial charge in [0.25, 0.3) is 5.91 Å². The number of nitrogens with one attached hydrogen (secondary N) is 2. The number of nitrogens with zero attached hydrogens (tertiary/aromatic N) is 1. The van der Waals surface area contributed by atoms with E-state index in [-0.39, 0.29) is 0 Å². The van der Waals surface area contributed by atoms with Gasteiger partial charge in [0.1, 0.15) is 5.82 Å². The minimum Gasteiger partial charge on any atom is -0.335 e. The average molecular weight is 401 g/mol. The molecule has 0 saturated carbocycles. The van der Waals surface area contributed by atoms with Crippen LogP contribution in [-0.2, 0) is 18.0 Å². The zero-order chi connectivity index (χ0) is 21.2. The van der Waals surface area contributed by atoms with E-state index in [1.807, 2.05) is 0 Å². The van der Waals surface area contributed by atoms with Crippen molar-refractivity contribution < 1.29 is 22.8 Å². The normalized spacial score (nSPS) is 11.2. The van der Waals surface area contributed by atoms with Crippen LogP contribution in [0, 0.1) is 6.92 Å². The largest absolute Gasteiger partial charge is 0.416 e. The Morgan fingerprint density at radius 2 is 1.72 bits per heavy atom. The molecular weight excluding hydrogens is 383 g/mol. The molecule has 0 aliphatic carbocycles. The molecule has 0 saturated heterocycles. The lowest BCUT2D eigenvalue weighted by Crippen LogP contribution is -2.13. The van der Waals surface area contributed by atoms with Gasteiger partial charge in [-0.25, -0.2) is 0 Å². The first-order valence-electron chi connectivity index (χ1n) is 8.66. The lowest BCUT2D eigenvalue weighted by Gasteiger charge is -2.12. The smallest absolute Gasteiger partial charge is 0.335 e. The van der Waals surface area contributed by atoms with Gasteiger partial charge in [0, 0.05) is 24.4 Å². The maximum Gasteiger partial charge on any atom is 0.416 e. The number of rotatable bonds is 5. The number of hydrogen-bond donors (Lipinski definition) is 2. The van der Waals surface area contributed by atoms with Crippen molar-refractivity contribution in [1.82, 2.24) is 4.57 Å². The van der Waals surface area contributed by atoms with Crippen molar-refractivity contribution in [3.05, 3.63) is 71.4 Å². The number of hydrogen-bond acceptors (Lipinski definition) is 2. The van der Waals surface area contributed by atoms with E-state index < -0.39 is 17.6 Å². The maximum absolute atomic E-state index is 12.9. The van der Waals surface area contributed by atoms with Crippen LogP contribution in [0.1, 0.15) is 21.5 Å². The quantitative estimate of drug-likeness (QED) is 0.601. The summed E-state index contributed by atoms with van der Waals surface area (Å²) in [5, 5.41) is 5.37. The molecule has 0 unspecified atom stereocenters. The van der Waals surface area contributed by atoms with E-state index in [2.05, 4.69) is 10.6 Å². The third-order valence-electron chi connectivity index (χ3n) is 4.57. The summed E-state index contributed by atoms with van der Waals surface area (Å²) in [4.78, 5) is 23.6. The lowest BCUT2D eigenvalue weighted by atomic mass is 9.98. The lowest BCUT2D eigenvalue weighted by molar-refractivity contribution is -0.137. The standard InChI is InChI=1S/C21H18F3N3O2/c1-13-18(11-27(2)19(13)25-12-28)26-20(29)17-6-4-3-5-16(17)14-7-9-15(10-8-14)21(22,23)24/h3-12H,1-2H3,(H,25,28)(H,26,29). The third-order valence-corrected chi connectivity index (χ3v) is 4.57. The number of halogens is 3. The van der Waals surface area contributed by atoms with Crippen LogP contribution in [0.3, 0.4) is 0 Å². The van der Waals surface area contributed by atoms with Gasteiger partial charge in [-0.15, -0.1) is 0 Å². The first-order chi connectivity index (χ1) is 13.7. The van der Waals surface area contributed by atoms with E-state index in [9.17, 15) is 22.8 Å². The Labute approximate surface area is 165 Å². The van der Waals surface area contributed by atoms with Gasteiger partial charge in [-0.1, -0.05) is 30.3 Å². The number of amides is 2. The van der Waals surface area contributed by atoms with Crippen LogP contribution in [0.15, 0.2) is 54.7 Å². The molecule has 1 heterocycles.